The van der Waals surface area contributed by atoms with Crippen LogP contribution in [0.3, 0.4) is 0 Å². The molecule has 0 bridgehead atoms. The van der Waals surface area contributed by atoms with Crippen molar-refractivity contribution < 1.29 is 24.2 Å². The number of alkyl carbamates (subject to hydrolysis) is 1. The SMILES string of the molecule is NC(=O)[C@@H](CCC(=O)O)NC(=O)OCC1c2ccccc2-c2ccccc21. The Morgan fingerprint density at radius 3 is 2.11 bits per heavy atom. The predicted molar refractivity (Wildman–Crippen MR) is 98.1 cm³/mol. The van der Waals surface area contributed by atoms with Crippen LogP contribution in [0.5, 0.6) is 0 Å². The second kappa shape index (κ2) is 7.90. The van der Waals surface area contributed by atoms with Gasteiger partial charge in [0.15, 0.2) is 0 Å². The molecule has 1 aliphatic rings. The van der Waals surface area contributed by atoms with Crippen LogP contribution in [0.25, 0.3) is 11.1 Å². The Morgan fingerprint density at radius 2 is 1.59 bits per heavy atom. The molecule has 1 atom stereocenters. The highest BCUT2D eigenvalue weighted by atomic mass is 16.5. The van der Waals surface area contributed by atoms with Crippen LogP contribution in [-0.4, -0.2) is 35.7 Å². The van der Waals surface area contributed by atoms with E-state index in [1.54, 1.807) is 0 Å². The molecule has 0 aromatic heterocycles. The molecule has 0 aliphatic heterocycles. The van der Waals surface area contributed by atoms with E-state index in [9.17, 15) is 14.4 Å². The number of benzene rings is 2. The number of fused-ring (bicyclic) bond motifs is 3. The molecule has 0 unspecified atom stereocenters. The van der Waals surface area contributed by atoms with Gasteiger partial charge in [0.25, 0.3) is 0 Å². The van der Waals surface area contributed by atoms with Crippen LogP contribution in [0.2, 0.25) is 0 Å². The van der Waals surface area contributed by atoms with Gasteiger partial charge in [-0.25, -0.2) is 4.79 Å². The van der Waals surface area contributed by atoms with Crippen molar-refractivity contribution >= 4 is 18.0 Å². The fraction of sp³-hybridized carbons (Fsp3) is 0.250. The molecule has 4 N–H and O–H groups in total. The molecule has 140 valence electrons. The molecular weight excluding hydrogens is 348 g/mol. The van der Waals surface area contributed by atoms with Crippen LogP contribution in [0.1, 0.15) is 29.9 Å². The fourth-order valence-corrected chi connectivity index (χ4v) is 3.34. The van der Waals surface area contributed by atoms with Gasteiger partial charge in [0.1, 0.15) is 12.6 Å². The predicted octanol–water partition coefficient (Wildman–Crippen LogP) is 2.24. The number of aliphatic carboxylic acids is 1. The highest BCUT2D eigenvalue weighted by Crippen LogP contribution is 2.44. The van der Waals surface area contributed by atoms with E-state index in [0.29, 0.717) is 0 Å². The van der Waals surface area contributed by atoms with E-state index in [0.717, 1.165) is 22.3 Å². The molecule has 0 radical (unpaired) electrons. The summed E-state index contributed by atoms with van der Waals surface area (Å²) in [6, 6.07) is 14.8. The van der Waals surface area contributed by atoms with Crippen molar-refractivity contribution in [1.82, 2.24) is 5.32 Å². The lowest BCUT2D eigenvalue weighted by Crippen LogP contribution is -2.45. The fourth-order valence-electron chi connectivity index (χ4n) is 3.34. The summed E-state index contributed by atoms with van der Waals surface area (Å²) in [6.45, 7) is 0.101. The summed E-state index contributed by atoms with van der Waals surface area (Å²) in [5.74, 6) is -1.98. The molecule has 7 nitrogen and oxygen atoms in total. The van der Waals surface area contributed by atoms with Gasteiger partial charge in [0, 0.05) is 12.3 Å². The normalized spacial score (nSPS) is 13.3. The molecule has 0 spiro atoms. The van der Waals surface area contributed by atoms with Gasteiger partial charge in [-0.3, -0.25) is 9.59 Å². The number of amides is 2. The summed E-state index contributed by atoms with van der Waals surface area (Å²) in [7, 11) is 0. The van der Waals surface area contributed by atoms with Crippen LogP contribution in [0.15, 0.2) is 48.5 Å². The molecule has 2 aromatic rings. The number of hydrogen-bond acceptors (Lipinski definition) is 4. The van der Waals surface area contributed by atoms with E-state index in [1.165, 1.54) is 0 Å². The van der Waals surface area contributed by atoms with Crippen LogP contribution in [0, 0.1) is 0 Å². The van der Waals surface area contributed by atoms with Crippen molar-refractivity contribution in [1.29, 1.82) is 0 Å². The standard InChI is InChI=1S/C20H20N2O5/c21-19(25)17(9-10-18(23)24)22-20(26)27-11-16-14-7-3-1-5-12(14)13-6-2-4-8-15(13)16/h1-8,16-17H,9-11H2,(H2,21,25)(H,22,26)(H,23,24)/t17-/m1/s1. The number of carbonyl (C=O) groups is 3. The first-order valence-corrected chi connectivity index (χ1v) is 8.60. The molecular formula is C20H20N2O5. The van der Waals surface area contributed by atoms with E-state index in [-0.39, 0.29) is 25.4 Å². The molecule has 0 saturated carbocycles. The summed E-state index contributed by atoms with van der Waals surface area (Å²) >= 11 is 0. The molecule has 0 fully saturated rings. The van der Waals surface area contributed by atoms with Gasteiger partial charge >= 0.3 is 12.1 Å². The molecule has 2 amide bonds. The monoisotopic (exact) mass is 368 g/mol. The number of nitrogens with one attached hydrogen (secondary N) is 1. The third kappa shape index (κ3) is 4.08. The molecule has 0 heterocycles. The highest BCUT2D eigenvalue weighted by molar-refractivity contribution is 5.85. The highest BCUT2D eigenvalue weighted by Gasteiger charge is 2.29. The number of carbonyl (C=O) groups excluding carboxylic acids is 2. The average Bonchev–Trinajstić information content (AvgIpc) is 2.97. The zero-order valence-corrected chi connectivity index (χ0v) is 14.6. The Kier molecular flexibility index (Phi) is 5.40. The molecule has 0 saturated heterocycles. The van der Waals surface area contributed by atoms with Crippen molar-refractivity contribution in [3.8, 4) is 11.1 Å². The van der Waals surface area contributed by atoms with Crippen molar-refractivity contribution in [2.75, 3.05) is 6.61 Å². The Hall–Kier alpha value is -3.35. The van der Waals surface area contributed by atoms with Crippen LogP contribution in [-0.2, 0) is 14.3 Å². The van der Waals surface area contributed by atoms with E-state index in [2.05, 4.69) is 5.32 Å². The largest absolute Gasteiger partial charge is 0.481 e. The minimum atomic E-state index is -1.09. The van der Waals surface area contributed by atoms with Crippen molar-refractivity contribution in [3.63, 3.8) is 0 Å². The number of carboxylic acid groups (broad SMARTS) is 1. The number of hydrogen-bond donors (Lipinski definition) is 3. The first-order valence-electron chi connectivity index (χ1n) is 8.60. The number of rotatable bonds is 7. The van der Waals surface area contributed by atoms with E-state index in [1.807, 2.05) is 48.5 Å². The molecule has 1 aliphatic carbocycles. The van der Waals surface area contributed by atoms with E-state index in [4.69, 9.17) is 15.6 Å². The maximum absolute atomic E-state index is 12.1. The minimum absolute atomic E-state index is 0.0884. The molecule has 7 heteroatoms. The van der Waals surface area contributed by atoms with Crippen molar-refractivity contribution in [2.24, 2.45) is 5.73 Å². The Bertz CT molecular complexity index is 835. The van der Waals surface area contributed by atoms with Gasteiger partial charge in [-0.15, -0.1) is 0 Å². The lowest BCUT2D eigenvalue weighted by atomic mass is 9.98. The summed E-state index contributed by atoms with van der Waals surface area (Å²) in [5, 5.41) is 11.1. The van der Waals surface area contributed by atoms with Gasteiger partial charge < -0.3 is 20.9 Å². The number of carboxylic acids is 1. The second-order valence-corrected chi connectivity index (χ2v) is 6.36. The van der Waals surface area contributed by atoms with Gasteiger partial charge in [-0.2, -0.15) is 0 Å². The lowest BCUT2D eigenvalue weighted by molar-refractivity contribution is -0.137. The maximum Gasteiger partial charge on any atom is 0.407 e. The zero-order valence-electron chi connectivity index (χ0n) is 14.6. The number of primary amides is 1. The van der Waals surface area contributed by atoms with Crippen LogP contribution < -0.4 is 11.1 Å². The number of ether oxygens (including phenoxy) is 1. The summed E-state index contributed by atoms with van der Waals surface area (Å²) < 4.78 is 5.32. The van der Waals surface area contributed by atoms with Gasteiger partial charge in [0.2, 0.25) is 5.91 Å². The first-order chi connectivity index (χ1) is 13.0. The van der Waals surface area contributed by atoms with Gasteiger partial charge in [0.05, 0.1) is 0 Å². The molecule has 2 aromatic carbocycles. The first kappa shape index (κ1) is 18.4. The number of nitrogens with two attached hydrogens (primary N) is 1. The Morgan fingerprint density at radius 1 is 1.04 bits per heavy atom. The lowest BCUT2D eigenvalue weighted by Gasteiger charge is -2.17. The topological polar surface area (TPSA) is 119 Å². The van der Waals surface area contributed by atoms with Gasteiger partial charge in [-0.05, 0) is 28.7 Å². The quantitative estimate of drug-likeness (QED) is 0.692. The third-order valence-corrected chi connectivity index (χ3v) is 4.63. The maximum atomic E-state index is 12.1. The Balaban J connectivity index is 1.67. The summed E-state index contributed by atoms with van der Waals surface area (Å²) in [5.41, 5.74) is 9.58. The molecule has 27 heavy (non-hydrogen) atoms. The van der Waals surface area contributed by atoms with Crippen molar-refractivity contribution in [2.45, 2.75) is 24.8 Å². The second-order valence-electron chi connectivity index (χ2n) is 6.36. The third-order valence-electron chi connectivity index (χ3n) is 4.63. The zero-order chi connectivity index (χ0) is 19.4. The van der Waals surface area contributed by atoms with E-state index < -0.39 is 24.0 Å². The summed E-state index contributed by atoms with van der Waals surface area (Å²) in [4.78, 5) is 34.1. The molecule has 3 rings (SSSR count). The minimum Gasteiger partial charge on any atom is -0.481 e. The smallest absolute Gasteiger partial charge is 0.407 e. The van der Waals surface area contributed by atoms with Gasteiger partial charge in [-0.1, -0.05) is 48.5 Å². The van der Waals surface area contributed by atoms with E-state index >= 15 is 0 Å². The van der Waals surface area contributed by atoms with Crippen LogP contribution >= 0.6 is 0 Å². The summed E-state index contributed by atoms with van der Waals surface area (Å²) in [6.07, 6.45) is -1.17. The van der Waals surface area contributed by atoms with Crippen LogP contribution in [0.4, 0.5) is 4.79 Å². The van der Waals surface area contributed by atoms with Crippen molar-refractivity contribution in [3.05, 3.63) is 59.7 Å². The Labute approximate surface area is 156 Å². The average molecular weight is 368 g/mol.